The molecule has 0 bridgehead atoms. The fourth-order valence-corrected chi connectivity index (χ4v) is 2.47. The third kappa shape index (κ3) is 3.05. The lowest BCUT2D eigenvalue weighted by Crippen LogP contribution is -1.94. The molecule has 0 aliphatic heterocycles. The summed E-state index contributed by atoms with van der Waals surface area (Å²) in [7, 11) is 0. The predicted molar refractivity (Wildman–Crippen MR) is 69.4 cm³/mol. The van der Waals surface area contributed by atoms with Crippen molar-refractivity contribution in [2.75, 3.05) is 0 Å². The van der Waals surface area contributed by atoms with Gasteiger partial charge in [-0.3, -0.25) is 4.79 Å². The second-order valence-electron chi connectivity index (χ2n) is 4.24. The zero-order chi connectivity index (χ0) is 11.4. The Balaban J connectivity index is 2.14. The standard InChI is InChI=1S/C14H15BrO/c15-14-8-4-2-6-12(14)9-11-5-1-3-7-13(16)10-11/h2,4,6,8,10H,1,3,5,7,9H2. The Hall–Kier alpha value is -0.890. The third-order valence-electron chi connectivity index (χ3n) is 2.91. The van der Waals surface area contributed by atoms with Gasteiger partial charge in [-0.15, -0.1) is 0 Å². The molecule has 0 aromatic heterocycles. The highest BCUT2D eigenvalue weighted by Crippen LogP contribution is 2.23. The van der Waals surface area contributed by atoms with Gasteiger partial charge in [0, 0.05) is 10.9 Å². The SMILES string of the molecule is O=C1C=C(Cc2ccccc2Br)CCCC1. The average Bonchev–Trinajstić information content (AvgIpc) is 2.46. The van der Waals surface area contributed by atoms with Gasteiger partial charge in [-0.25, -0.2) is 0 Å². The van der Waals surface area contributed by atoms with Crippen molar-refractivity contribution in [2.45, 2.75) is 32.1 Å². The van der Waals surface area contributed by atoms with Gasteiger partial charge in [0.05, 0.1) is 0 Å². The van der Waals surface area contributed by atoms with Crippen molar-refractivity contribution >= 4 is 21.7 Å². The molecule has 16 heavy (non-hydrogen) atoms. The van der Waals surface area contributed by atoms with Crippen LogP contribution in [0.1, 0.15) is 31.2 Å². The van der Waals surface area contributed by atoms with Gasteiger partial charge < -0.3 is 0 Å². The number of ketones is 1. The molecule has 0 saturated carbocycles. The van der Waals surface area contributed by atoms with Crippen molar-refractivity contribution in [1.29, 1.82) is 0 Å². The minimum atomic E-state index is 0.291. The van der Waals surface area contributed by atoms with Gasteiger partial charge in [-0.2, -0.15) is 0 Å². The number of carbonyl (C=O) groups excluding carboxylic acids is 1. The topological polar surface area (TPSA) is 17.1 Å². The van der Waals surface area contributed by atoms with Crippen LogP contribution in [0.5, 0.6) is 0 Å². The summed E-state index contributed by atoms with van der Waals surface area (Å²) >= 11 is 3.55. The van der Waals surface area contributed by atoms with Crippen LogP contribution in [0.2, 0.25) is 0 Å². The van der Waals surface area contributed by atoms with E-state index in [2.05, 4.69) is 28.1 Å². The van der Waals surface area contributed by atoms with Gasteiger partial charge in [-0.05, 0) is 43.4 Å². The van der Waals surface area contributed by atoms with Crippen LogP contribution in [0.15, 0.2) is 40.4 Å². The van der Waals surface area contributed by atoms with E-state index in [0.717, 1.165) is 36.6 Å². The van der Waals surface area contributed by atoms with E-state index in [1.54, 1.807) is 0 Å². The number of benzene rings is 1. The molecule has 2 rings (SSSR count). The van der Waals surface area contributed by atoms with E-state index < -0.39 is 0 Å². The Labute approximate surface area is 105 Å². The van der Waals surface area contributed by atoms with E-state index in [9.17, 15) is 4.79 Å². The molecule has 2 heteroatoms. The van der Waals surface area contributed by atoms with Crippen molar-refractivity contribution in [1.82, 2.24) is 0 Å². The van der Waals surface area contributed by atoms with E-state index in [0.29, 0.717) is 5.78 Å². The number of carbonyl (C=O) groups is 1. The molecule has 0 amide bonds. The van der Waals surface area contributed by atoms with Crippen LogP contribution >= 0.6 is 15.9 Å². The van der Waals surface area contributed by atoms with Crippen LogP contribution < -0.4 is 0 Å². The first-order valence-corrected chi connectivity index (χ1v) is 6.51. The van der Waals surface area contributed by atoms with Crippen molar-refractivity contribution < 1.29 is 4.79 Å². The summed E-state index contributed by atoms with van der Waals surface area (Å²) in [6.07, 6.45) is 6.71. The van der Waals surface area contributed by atoms with E-state index in [1.807, 2.05) is 18.2 Å². The normalized spacial score (nSPS) is 16.8. The van der Waals surface area contributed by atoms with Gasteiger partial charge in [-0.1, -0.05) is 39.7 Å². The zero-order valence-corrected chi connectivity index (χ0v) is 10.8. The Morgan fingerprint density at radius 2 is 1.88 bits per heavy atom. The Morgan fingerprint density at radius 1 is 1.12 bits per heavy atom. The highest BCUT2D eigenvalue weighted by atomic mass is 79.9. The lowest BCUT2D eigenvalue weighted by molar-refractivity contribution is -0.114. The fraction of sp³-hybridized carbons (Fsp3) is 0.357. The molecule has 0 N–H and O–H groups in total. The van der Waals surface area contributed by atoms with Crippen molar-refractivity contribution in [2.24, 2.45) is 0 Å². The predicted octanol–water partition coefficient (Wildman–Crippen LogP) is 4.06. The first-order chi connectivity index (χ1) is 7.75. The second-order valence-corrected chi connectivity index (χ2v) is 5.10. The zero-order valence-electron chi connectivity index (χ0n) is 9.21. The summed E-state index contributed by atoms with van der Waals surface area (Å²) in [6.45, 7) is 0. The first kappa shape index (κ1) is 11.6. The summed E-state index contributed by atoms with van der Waals surface area (Å²) in [5.41, 5.74) is 2.54. The van der Waals surface area contributed by atoms with E-state index >= 15 is 0 Å². The van der Waals surface area contributed by atoms with E-state index in [-0.39, 0.29) is 0 Å². The third-order valence-corrected chi connectivity index (χ3v) is 3.69. The van der Waals surface area contributed by atoms with Crippen LogP contribution in [0.3, 0.4) is 0 Å². The molecule has 1 aliphatic rings. The summed E-state index contributed by atoms with van der Waals surface area (Å²) in [5, 5.41) is 0. The molecule has 0 saturated heterocycles. The minimum absolute atomic E-state index is 0.291. The number of allylic oxidation sites excluding steroid dienone is 2. The maximum absolute atomic E-state index is 11.5. The molecule has 0 heterocycles. The molecule has 0 unspecified atom stereocenters. The number of hydrogen-bond acceptors (Lipinski definition) is 1. The maximum atomic E-state index is 11.5. The van der Waals surface area contributed by atoms with E-state index in [4.69, 9.17) is 0 Å². The minimum Gasteiger partial charge on any atom is -0.295 e. The molecule has 0 atom stereocenters. The molecular formula is C14H15BrO. The van der Waals surface area contributed by atoms with Crippen LogP contribution in [0.4, 0.5) is 0 Å². The highest BCUT2D eigenvalue weighted by molar-refractivity contribution is 9.10. The maximum Gasteiger partial charge on any atom is 0.155 e. The van der Waals surface area contributed by atoms with Crippen LogP contribution in [0.25, 0.3) is 0 Å². The highest BCUT2D eigenvalue weighted by Gasteiger charge is 2.09. The van der Waals surface area contributed by atoms with Crippen molar-refractivity contribution in [3.05, 3.63) is 46.0 Å². The Morgan fingerprint density at radius 3 is 2.69 bits per heavy atom. The average molecular weight is 279 g/mol. The summed E-state index contributed by atoms with van der Waals surface area (Å²) in [5.74, 6) is 0.291. The summed E-state index contributed by atoms with van der Waals surface area (Å²) in [4.78, 5) is 11.5. The van der Waals surface area contributed by atoms with Crippen LogP contribution in [-0.4, -0.2) is 5.78 Å². The Bertz CT molecular complexity index is 420. The first-order valence-electron chi connectivity index (χ1n) is 5.71. The van der Waals surface area contributed by atoms with Crippen LogP contribution in [-0.2, 0) is 11.2 Å². The smallest absolute Gasteiger partial charge is 0.155 e. The van der Waals surface area contributed by atoms with Gasteiger partial charge in [0.25, 0.3) is 0 Å². The summed E-state index contributed by atoms with van der Waals surface area (Å²) < 4.78 is 1.13. The molecule has 0 fully saturated rings. The number of halogens is 1. The number of hydrogen-bond donors (Lipinski definition) is 0. The molecule has 1 aromatic carbocycles. The van der Waals surface area contributed by atoms with Gasteiger partial charge in [0.15, 0.2) is 5.78 Å². The van der Waals surface area contributed by atoms with Gasteiger partial charge in [0.1, 0.15) is 0 Å². The van der Waals surface area contributed by atoms with Crippen LogP contribution in [0, 0.1) is 0 Å². The molecular weight excluding hydrogens is 264 g/mol. The van der Waals surface area contributed by atoms with Gasteiger partial charge >= 0.3 is 0 Å². The fourth-order valence-electron chi connectivity index (χ4n) is 2.05. The molecule has 1 aliphatic carbocycles. The van der Waals surface area contributed by atoms with E-state index in [1.165, 1.54) is 11.1 Å². The molecule has 1 nitrogen and oxygen atoms in total. The number of rotatable bonds is 2. The second kappa shape index (κ2) is 5.44. The van der Waals surface area contributed by atoms with Crippen molar-refractivity contribution in [3.8, 4) is 0 Å². The lowest BCUT2D eigenvalue weighted by atomic mass is 10.0. The van der Waals surface area contributed by atoms with Gasteiger partial charge in [0.2, 0.25) is 0 Å². The Kier molecular flexibility index (Phi) is 3.94. The monoisotopic (exact) mass is 278 g/mol. The quantitative estimate of drug-likeness (QED) is 0.797. The molecule has 84 valence electrons. The summed E-state index contributed by atoms with van der Waals surface area (Å²) in [6, 6.07) is 8.22. The molecule has 0 radical (unpaired) electrons. The lowest BCUT2D eigenvalue weighted by Gasteiger charge is -2.06. The van der Waals surface area contributed by atoms with Crippen molar-refractivity contribution in [3.63, 3.8) is 0 Å². The largest absolute Gasteiger partial charge is 0.295 e. The molecule has 1 aromatic rings. The molecule has 0 spiro atoms.